The fourth-order valence-electron chi connectivity index (χ4n) is 2.46. The Bertz CT molecular complexity index is 269. The SMILES string of the molecule is C[C@H]1O[C@H]2OC(C)(C)O[C@@H]2C(N(C)C)[C@@H]1O. The van der Waals surface area contributed by atoms with Crippen molar-refractivity contribution in [1.29, 1.82) is 0 Å². The van der Waals surface area contributed by atoms with Crippen LogP contribution in [0.25, 0.3) is 0 Å². The van der Waals surface area contributed by atoms with E-state index in [4.69, 9.17) is 14.2 Å². The third-order valence-corrected chi connectivity index (χ3v) is 3.20. The Morgan fingerprint density at radius 3 is 2.38 bits per heavy atom. The maximum absolute atomic E-state index is 10.1. The number of hydrogen-bond acceptors (Lipinski definition) is 5. The number of ether oxygens (including phenoxy) is 3. The van der Waals surface area contributed by atoms with Crippen molar-refractivity contribution in [3.63, 3.8) is 0 Å². The highest BCUT2D eigenvalue weighted by atomic mass is 16.8. The first-order valence-corrected chi connectivity index (χ1v) is 5.67. The Balaban J connectivity index is 2.22. The summed E-state index contributed by atoms with van der Waals surface area (Å²) < 4.78 is 17.1. The molecule has 5 atom stereocenters. The van der Waals surface area contributed by atoms with Crippen LogP contribution in [0.2, 0.25) is 0 Å². The lowest BCUT2D eigenvalue weighted by molar-refractivity contribution is -0.235. The number of fused-ring (bicyclic) bond motifs is 1. The van der Waals surface area contributed by atoms with Crippen LogP contribution in [0.5, 0.6) is 0 Å². The number of aliphatic hydroxyl groups is 1. The molecule has 0 bridgehead atoms. The molecule has 2 heterocycles. The topological polar surface area (TPSA) is 51.2 Å². The monoisotopic (exact) mass is 231 g/mol. The summed E-state index contributed by atoms with van der Waals surface area (Å²) in [7, 11) is 3.86. The third-order valence-electron chi connectivity index (χ3n) is 3.20. The average Bonchev–Trinajstić information content (AvgIpc) is 2.40. The van der Waals surface area contributed by atoms with Crippen molar-refractivity contribution in [3.05, 3.63) is 0 Å². The second-order valence-corrected chi connectivity index (χ2v) is 5.25. The zero-order chi connectivity index (χ0) is 12.1. The van der Waals surface area contributed by atoms with Crippen LogP contribution in [0.4, 0.5) is 0 Å². The lowest BCUT2D eigenvalue weighted by Gasteiger charge is -2.42. The van der Waals surface area contributed by atoms with E-state index in [2.05, 4.69) is 0 Å². The van der Waals surface area contributed by atoms with Gasteiger partial charge in [0.2, 0.25) is 0 Å². The molecule has 1 unspecified atom stereocenters. The molecule has 2 rings (SSSR count). The average molecular weight is 231 g/mol. The molecule has 16 heavy (non-hydrogen) atoms. The molecule has 0 radical (unpaired) electrons. The van der Waals surface area contributed by atoms with Gasteiger partial charge in [-0.15, -0.1) is 0 Å². The van der Waals surface area contributed by atoms with Crippen LogP contribution in [0.1, 0.15) is 20.8 Å². The van der Waals surface area contributed by atoms with E-state index in [-0.39, 0.29) is 24.5 Å². The van der Waals surface area contributed by atoms with Gasteiger partial charge >= 0.3 is 0 Å². The van der Waals surface area contributed by atoms with Gasteiger partial charge in [-0.25, -0.2) is 0 Å². The fraction of sp³-hybridized carbons (Fsp3) is 1.00. The van der Waals surface area contributed by atoms with Crippen molar-refractivity contribution in [2.45, 2.75) is 57.2 Å². The van der Waals surface area contributed by atoms with Crippen molar-refractivity contribution >= 4 is 0 Å². The molecule has 2 aliphatic rings. The number of nitrogens with zero attached hydrogens (tertiary/aromatic N) is 1. The van der Waals surface area contributed by atoms with Crippen molar-refractivity contribution < 1.29 is 19.3 Å². The summed E-state index contributed by atoms with van der Waals surface area (Å²) in [5.74, 6) is -0.645. The second-order valence-electron chi connectivity index (χ2n) is 5.25. The van der Waals surface area contributed by atoms with Gasteiger partial charge in [-0.05, 0) is 34.9 Å². The van der Waals surface area contributed by atoms with Gasteiger partial charge in [0.1, 0.15) is 6.10 Å². The minimum absolute atomic E-state index is 0.101. The van der Waals surface area contributed by atoms with Gasteiger partial charge in [0.15, 0.2) is 12.1 Å². The molecule has 0 aromatic heterocycles. The molecule has 94 valence electrons. The summed E-state index contributed by atoms with van der Waals surface area (Å²) in [5.41, 5.74) is 0. The molecular formula is C11H21NO4. The minimum atomic E-state index is -0.645. The highest BCUT2D eigenvalue weighted by Crippen LogP contribution is 2.37. The van der Waals surface area contributed by atoms with E-state index < -0.39 is 11.9 Å². The molecule has 0 saturated carbocycles. The van der Waals surface area contributed by atoms with Crippen molar-refractivity contribution in [2.24, 2.45) is 0 Å². The van der Waals surface area contributed by atoms with Gasteiger partial charge in [-0.1, -0.05) is 0 Å². The van der Waals surface area contributed by atoms with Crippen LogP contribution in [0.15, 0.2) is 0 Å². The van der Waals surface area contributed by atoms with Crippen LogP contribution >= 0.6 is 0 Å². The second kappa shape index (κ2) is 3.92. The molecule has 5 nitrogen and oxygen atoms in total. The van der Waals surface area contributed by atoms with E-state index in [0.29, 0.717) is 0 Å². The normalized spacial score (nSPS) is 47.1. The molecule has 0 amide bonds. The summed E-state index contributed by atoms with van der Waals surface area (Å²) in [6.45, 7) is 5.57. The van der Waals surface area contributed by atoms with E-state index >= 15 is 0 Å². The van der Waals surface area contributed by atoms with E-state index in [1.807, 2.05) is 39.8 Å². The van der Waals surface area contributed by atoms with Crippen LogP contribution < -0.4 is 0 Å². The standard InChI is InChI=1S/C11H21NO4/c1-6-8(13)7(12(4)5)9-10(14-6)16-11(2,3)15-9/h6-10,13H,1-5H3/t6-,7?,8-,9-,10+/m1/s1. The fourth-order valence-corrected chi connectivity index (χ4v) is 2.46. The molecule has 2 aliphatic heterocycles. The lowest BCUT2D eigenvalue weighted by Crippen LogP contribution is -2.60. The van der Waals surface area contributed by atoms with E-state index in [1.54, 1.807) is 0 Å². The molecule has 0 aromatic rings. The van der Waals surface area contributed by atoms with Crippen LogP contribution in [0, 0.1) is 0 Å². The van der Waals surface area contributed by atoms with Crippen molar-refractivity contribution in [2.75, 3.05) is 14.1 Å². The molecular weight excluding hydrogens is 210 g/mol. The van der Waals surface area contributed by atoms with E-state index in [9.17, 15) is 5.11 Å². The van der Waals surface area contributed by atoms with Crippen LogP contribution in [-0.2, 0) is 14.2 Å². The lowest BCUT2D eigenvalue weighted by atomic mass is 9.96. The zero-order valence-corrected chi connectivity index (χ0v) is 10.5. The van der Waals surface area contributed by atoms with E-state index in [1.165, 1.54) is 0 Å². The maximum atomic E-state index is 10.1. The number of rotatable bonds is 1. The van der Waals surface area contributed by atoms with Gasteiger partial charge in [-0.3, -0.25) is 0 Å². The Labute approximate surface area is 96.3 Å². The van der Waals surface area contributed by atoms with Gasteiger partial charge in [-0.2, -0.15) is 0 Å². The molecule has 2 saturated heterocycles. The quantitative estimate of drug-likeness (QED) is 0.697. The zero-order valence-electron chi connectivity index (χ0n) is 10.5. The van der Waals surface area contributed by atoms with Crippen molar-refractivity contribution in [1.82, 2.24) is 4.90 Å². The molecule has 1 N–H and O–H groups in total. The molecule has 0 spiro atoms. The number of aliphatic hydroxyl groups excluding tert-OH is 1. The van der Waals surface area contributed by atoms with Gasteiger partial charge in [0.25, 0.3) is 0 Å². The Morgan fingerprint density at radius 2 is 1.81 bits per heavy atom. The summed E-state index contributed by atoms with van der Waals surface area (Å²) in [5, 5.41) is 10.1. The van der Waals surface area contributed by atoms with Crippen LogP contribution in [-0.4, -0.2) is 60.5 Å². The first-order valence-electron chi connectivity index (χ1n) is 5.67. The summed E-state index contributed by atoms with van der Waals surface area (Å²) in [6.07, 6.45) is -1.43. The summed E-state index contributed by atoms with van der Waals surface area (Å²) in [4.78, 5) is 1.96. The van der Waals surface area contributed by atoms with Gasteiger partial charge < -0.3 is 24.2 Å². The number of likely N-dealkylation sites (N-methyl/N-ethyl adjacent to an activating group) is 1. The highest BCUT2D eigenvalue weighted by Gasteiger charge is 2.53. The first kappa shape index (κ1) is 12.3. The third kappa shape index (κ3) is 1.98. The van der Waals surface area contributed by atoms with Gasteiger partial charge in [0, 0.05) is 0 Å². The number of hydrogen-bond donors (Lipinski definition) is 1. The van der Waals surface area contributed by atoms with Crippen LogP contribution in [0.3, 0.4) is 0 Å². The molecule has 5 heteroatoms. The summed E-state index contributed by atoms with van der Waals surface area (Å²) >= 11 is 0. The molecule has 0 aliphatic carbocycles. The Kier molecular flexibility index (Phi) is 3.01. The predicted molar refractivity (Wildman–Crippen MR) is 57.9 cm³/mol. The maximum Gasteiger partial charge on any atom is 0.189 e. The van der Waals surface area contributed by atoms with E-state index in [0.717, 1.165) is 0 Å². The first-order chi connectivity index (χ1) is 7.32. The van der Waals surface area contributed by atoms with Crippen molar-refractivity contribution in [3.8, 4) is 0 Å². The Hall–Kier alpha value is -0.200. The highest BCUT2D eigenvalue weighted by molar-refractivity contribution is 4.96. The molecule has 0 aromatic carbocycles. The Morgan fingerprint density at radius 1 is 1.19 bits per heavy atom. The molecule has 2 fully saturated rings. The summed E-state index contributed by atoms with van der Waals surface area (Å²) in [6, 6.07) is -0.101. The largest absolute Gasteiger partial charge is 0.389 e. The predicted octanol–water partition coefficient (Wildman–Crippen LogP) is 0.174. The minimum Gasteiger partial charge on any atom is -0.389 e. The van der Waals surface area contributed by atoms with Gasteiger partial charge in [0.05, 0.1) is 18.2 Å². The smallest absolute Gasteiger partial charge is 0.189 e.